The molecule has 0 radical (unpaired) electrons. The van der Waals surface area contributed by atoms with Crippen LogP contribution in [0.4, 0.5) is 34.1 Å². The molecule has 9 rings (SSSR count). The van der Waals surface area contributed by atoms with Gasteiger partial charge < -0.3 is 14.2 Å². The molecule has 280 valence electrons. The molecule has 0 amide bonds. The summed E-state index contributed by atoms with van der Waals surface area (Å²) >= 11 is 0. The Balaban J connectivity index is 1.41. The Bertz CT molecular complexity index is 2550. The topological polar surface area (TPSA) is 19.6 Å². The molecule has 0 spiro atoms. The van der Waals surface area contributed by atoms with Crippen molar-refractivity contribution in [3.8, 4) is 0 Å². The van der Waals surface area contributed by atoms with Gasteiger partial charge in [-0.2, -0.15) is 0 Å². The van der Waals surface area contributed by atoms with Crippen LogP contribution in [-0.4, -0.2) is 6.71 Å². The van der Waals surface area contributed by atoms with Crippen molar-refractivity contribution in [3.63, 3.8) is 0 Å². The number of benzene rings is 5. The number of furan rings is 1. The first kappa shape index (κ1) is 36.0. The van der Waals surface area contributed by atoms with Gasteiger partial charge in [-0.25, -0.2) is 0 Å². The minimum atomic E-state index is -0.0674. The number of anilines is 6. The minimum absolute atomic E-state index is 0.00710. The summed E-state index contributed by atoms with van der Waals surface area (Å²) in [4.78, 5) is 5.10. The van der Waals surface area contributed by atoms with Crippen molar-refractivity contribution in [1.29, 1.82) is 0 Å². The molecule has 3 nitrogen and oxygen atoms in total. The third-order valence-corrected chi connectivity index (χ3v) is 13.2. The summed E-state index contributed by atoms with van der Waals surface area (Å²) in [5.74, 6) is 0. The summed E-state index contributed by atoms with van der Waals surface area (Å²) in [5, 5.41) is 1.21. The normalized spacial score (nSPS) is 16.9. The molecular formula is C51H57BN2O. The average Bonchev–Trinajstić information content (AvgIpc) is 3.47. The first-order chi connectivity index (χ1) is 25.7. The van der Waals surface area contributed by atoms with E-state index in [2.05, 4.69) is 185 Å². The van der Waals surface area contributed by atoms with E-state index in [9.17, 15) is 0 Å². The highest BCUT2D eigenvalue weighted by Gasteiger charge is 2.48. The second-order valence-electron chi connectivity index (χ2n) is 20.4. The van der Waals surface area contributed by atoms with Crippen molar-refractivity contribution in [3.05, 3.63) is 124 Å². The van der Waals surface area contributed by atoms with Gasteiger partial charge in [0.2, 0.25) is 0 Å². The first-order valence-electron chi connectivity index (χ1n) is 20.4. The van der Waals surface area contributed by atoms with Gasteiger partial charge in [0, 0.05) is 33.8 Å². The summed E-state index contributed by atoms with van der Waals surface area (Å²) in [6.45, 7) is 30.2. The zero-order valence-corrected chi connectivity index (χ0v) is 35.4. The molecule has 1 aliphatic carbocycles. The number of hydrogen-bond donors (Lipinski definition) is 0. The molecule has 0 bridgehead atoms. The Morgan fingerprint density at radius 1 is 0.582 bits per heavy atom. The lowest BCUT2D eigenvalue weighted by molar-refractivity contribution is 0.332. The quantitative estimate of drug-likeness (QED) is 0.166. The summed E-state index contributed by atoms with van der Waals surface area (Å²) in [6, 6.07) is 33.2. The van der Waals surface area contributed by atoms with Gasteiger partial charge in [-0.15, -0.1) is 0 Å². The van der Waals surface area contributed by atoms with Crippen molar-refractivity contribution < 1.29 is 4.42 Å². The minimum Gasteiger partial charge on any atom is -0.468 e. The van der Waals surface area contributed by atoms with Crippen molar-refractivity contribution in [2.24, 2.45) is 0 Å². The number of fused-ring (bicyclic) bond motifs is 7. The van der Waals surface area contributed by atoms with Crippen molar-refractivity contribution in [1.82, 2.24) is 0 Å². The van der Waals surface area contributed by atoms with Crippen LogP contribution < -0.4 is 26.4 Å². The molecule has 0 saturated heterocycles. The van der Waals surface area contributed by atoms with Crippen LogP contribution in [0.5, 0.6) is 0 Å². The maximum absolute atomic E-state index is 7.40. The molecule has 2 aliphatic heterocycles. The van der Waals surface area contributed by atoms with E-state index in [0.29, 0.717) is 0 Å². The fraction of sp³-hybridized carbons (Fsp3) is 0.373. The summed E-state index contributed by atoms with van der Waals surface area (Å²) in [5.41, 5.74) is 21.4. The molecule has 5 aromatic carbocycles. The lowest BCUT2D eigenvalue weighted by atomic mass is 9.35. The third kappa shape index (κ3) is 5.45. The predicted octanol–water partition coefficient (Wildman–Crippen LogP) is 12.4. The molecule has 4 heteroatoms. The van der Waals surface area contributed by atoms with Crippen LogP contribution in [0, 0.1) is 20.8 Å². The molecule has 3 heterocycles. The Morgan fingerprint density at radius 3 is 1.80 bits per heavy atom. The van der Waals surface area contributed by atoms with Gasteiger partial charge in [0.25, 0.3) is 6.71 Å². The van der Waals surface area contributed by atoms with Gasteiger partial charge >= 0.3 is 0 Å². The Hall–Kier alpha value is -4.70. The van der Waals surface area contributed by atoms with Crippen LogP contribution in [0.3, 0.4) is 0 Å². The van der Waals surface area contributed by atoms with E-state index in [-0.39, 0.29) is 28.4 Å². The van der Waals surface area contributed by atoms with Gasteiger partial charge in [0.1, 0.15) is 5.58 Å². The van der Waals surface area contributed by atoms with Crippen molar-refractivity contribution in [2.75, 3.05) is 9.80 Å². The van der Waals surface area contributed by atoms with Crippen LogP contribution in [0.25, 0.3) is 11.0 Å². The van der Waals surface area contributed by atoms with Gasteiger partial charge in [-0.1, -0.05) is 111 Å². The lowest BCUT2D eigenvalue weighted by Gasteiger charge is -2.43. The van der Waals surface area contributed by atoms with E-state index in [0.717, 1.165) is 16.9 Å². The molecule has 0 unspecified atom stereocenters. The van der Waals surface area contributed by atoms with Gasteiger partial charge in [0.15, 0.2) is 0 Å². The second-order valence-corrected chi connectivity index (χ2v) is 20.4. The number of nitrogens with zero attached hydrogens (tertiary/aromatic N) is 2. The highest BCUT2D eigenvalue weighted by molar-refractivity contribution is 7.00. The van der Waals surface area contributed by atoms with Gasteiger partial charge in [-0.05, 0) is 148 Å². The first-order valence-corrected chi connectivity index (χ1v) is 20.4. The average molecular weight is 725 g/mol. The molecule has 0 atom stereocenters. The van der Waals surface area contributed by atoms with Crippen LogP contribution in [0.1, 0.15) is 121 Å². The Kier molecular flexibility index (Phi) is 7.63. The van der Waals surface area contributed by atoms with Crippen LogP contribution >= 0.6 is 0 Å². The van der Waals surface area contributed by atoms with E-state index in [1.165, 1.54) is 96.5 Å². The SMILES string of the molecule is Cc1ccc(N2c3cc(C(C)(C)C)ccc3B3c4oc5cc6c(cc5c4N(c4ccc(C(C)(C)C)cc4)c4cc(C)cc2c43)C(C)(C)CCC6(C)C)c(C)c1. The van der Waals surface area contributed by atoms with Gasteiger partial charge in [-0.3, -0.25) is 0 Å². The predicted molar refractivity (Wildman–Crippen MR) is 237 cm³/mol. The number of rotatable bonds is 2. The van der Waals surface area contributed by atoms with Crippen LogP contribution in [-0.2, 0) is 21.7 Å². The summed E-state index contributed by atoms with van der Waals surface area (Å²) < 4.78 is 7.40. The molecular weight excluding hydrogens is 667 g/mol. The van der Waals surface area contributed by atoms with E-state index in [4.69, 9.17) is 4.42 Å². The highest BCUT2D eigenvalue weighted by Crippen LogP contribution is 2.52. The number of aryl methyl sites for hydroxylation is 3. The monoisotopic (exact) mass is 724 g/mol. The van der Waals surface area contributed by atoms with Crippen LogP contribution in [0.2, 0.25) is 0 Å². The zero-order chi connectivity index (χ0) is 39.1. The fourth-order valence-corrected chi connectivity index (χ4v) is 9.84. The zero-order valence-electron chi connectivity index (χ0n) is 35.4. The third-order valence-electron chi connectivity index (χ3n) is 13.2. The molecule has 6 aromatic rings. The smallest absolute Gasteiger partial charge is 0.297 e. The Labute approximate surface area is 329 Å². The molecule has 1 aromatic heterocycles. The standard InChI is InChI=1S/C51H57BN2O/c1-30-14-21-40(32(3)24-30)54-41-27-34(49(7,8)9)17-20-39(41)52-45-42(25-31(2)26-43(45)54)53(35-18-15-33(16-19-35)48(4,5)6)46-36-28-37-38(29-44(36)55-47(46)52)51(12,13)23-22-50(37,10)11/h14-21,24-29H,22-23H2,1-13H3. The maximum atomic E-state index is 7.40. The summed E-state index contributed by atoms with van der Waals surface area (Å²) in [6.07, 6.45) is 2.34. The lowest BCUT2D eigenvalue weighted by Crippen LogP contribution is -2.61. The van der Waals surface area contributed by atoms with Gasteiger partial charge in [0.05, 0.1) is 11.3 Å². The van der Waals surface area contributed by atoms with E-state index in [1.54, 1.807) is 0 Å². The molecule has 55 heavy (non-hydrogen) atoms. The summed E-state index contributed by atoms with van der Waals surface area (Å²) in [7, 11) is 0. The van der Waals surface area contributed by atoms with E-state index < -0.39 is 0 Å². The Morgan fingerprint density at radius 2 is 1.18 bits per heavy atom. The van der Waals surface area contributed by atoms with E-state index >= 15 is 0 Å². The fourth-order valence-electron chi connectivity index (χ4n) is 9.84. The molecule has 3 aliphatic rings. The largest absolute Gasteiger partial charge is 0.468 e. The van der Waals surface area contributed by atoms with Crippen molar-refractivity contribution in [2.45, 2.75) is 125 Å². The highest BCUT2D eigenvalue weighted by atomic mass is 16.3. The molecule has 0 saturated carbocycles. The van der Waals surface area contributed by atoms with Crippen LogP contribution in [0.15, 0.2) is 89.3 Å². The number of hydrogen-bond acceptors (Lipinski definition) is 3. The maximum Gasteiger partial charge on any atom is 0.297 e. The molecule has 0 N–H and O–H groups in total. The van der Waals surface area contributed by atoms with Crippen molar-refractivity contribution >= 4 is 68.4 Å². The second kappa shape index (κ2) is 11.7. The molecule has 0 fully saturated rings. The van der Waals surface area contributed by atoms with E-state index in [1.807, 2.05) is 0 Å².